The number of carbonyl (C=O) groups is 1. The van der Waals surface area contributed by atoms with Gasteiger partial charge in [0.1, 0.15) is 11.7 Å². The SMILES string of the molecule is CC(=O)C(/C([OH2+])=C/C=N)C(C)C. The van der Waals surface area contributed by atoms with Gasteiger partial charge in [-0.05, 0) is 12.8 Å². The van der Waals surface area contributed by atoms with Crippen molar-refractivity contribution in [2.24, 2.45) is 11.8 Å². The number of hydrogen-bond donors (Lipinski definition) is 1. The fourth-order valence-electron chi connectivity index (χ4n) is 1.24. The number of ketones is 1. The third kappa shape index (κ3) is 2.86. The average Bonchev–Trinajstić information content (AvgIpc) is 1.85. The van der Waals surface area contributed by atoms with Crippen LogP contribution in [0.3, 0.4) is 0 Å². The van der Waals surface area contributed by atoms with E-state index < -0.39 is 0 Å². The molecule has 3 nitrogen and oxygen atoms in total. The summed E-state index contributed by atoms with van der Waals surface area (Å²) in [6.07, 6.45) is 2.40. The maximum Gasteiger partial charge on any atom is 0.241 e. The van der Waals surface area contributed by atoms with Gasteiger partial charge in [0, 0.05) is 12.3 Å². The number of Topliss-reactive ketones (excluding diaryl/α,β-unsaturated/α-hetero) is 1. The summed E-state index contributed by atoms with van der Waals surface area (Å²) in [6, 6.07) is 0. The van der Waals surface area contributed by atoms with Gasteiger partial charge in [-0.3, -0.25) is 4.79 Å². The summed E-state index contributed by atoms with van der Waals surface area (Å²) in [5.74, 6) is -0.00148. The van der Waals surface area contributed by atoms with Gasteiger partial charge in [0.25, 0.3) is 0 Å². The first-order valence-corrected chi connectivity index (χ1v) is 3.93. The molecule has 0 saturated carbocycles. The fraction of sp³-hybridized carbons (Fsp3) is 0.556. The van der Waals surface area contributed by atoms with Gasteiger partial charge < -0.3 is 10.5 Å². The van der Waals surface area contributed by atoms with Crippen molar-refractivity contribution >= 4 is 12.0 Å². The van der Waals surface area contributed by atoms with Crippen molar-refractivity contribution in [3.63, 3.8) is 0 Å². The van der Waals surface area contributed by atoms with E-state index in [0.717, 1.165) is 6.21 Å². The highest BCUT2D eigenvalue weighted by Crippen LogP contribution is 2.18. The predicted octanol–water partition coefficient (Wildman–Crippen LogP) is 1.11. The highest BCUT2D eigenvalue weighted by molar-refractivity contribution is 5.82. The highest BCUT2D eigenvalue weighted by atomic mass is 16.3. The molecule has 0 fully saturated rings. The van der Waals surface area contributed by atoms with Crippen molar-refractivity contribution in [1.29, 1.82) is 5.41 Å². The lowest BCUT2D eigenvalue weighted by molar-refractivity contribution is -0.121. The van der Waals surface area contributed by atoms with Crippen LogP contribution >= 0.6 is 0 Å². The van der Waals surface area contributed by atoms with Crippen molar-refractivity contribution in [3.05, 3.63) is 11.8 Å². The lowest BCUT2D eigenvalue weighted by Gasteiger charge is -2.12. The van der Waals surface area contributed by atoms with Gasteiger partial charge in [-0.1, -0.05) is 13.8 Å². The molecule has 0 aromatic carbocycles. The van der Waals surface area contributed by atoms with Crippen molar-refractivity contribution < 1.29 is 9.90 Å². The van der Waals surface area contributed by atoms with Gasteiger partial charge in [0.05, 0.1) is 0 Å². The van der Waals surface area contributed by atoms with Crippen molar-refractivity contribution in [1.82, 2.24) is 0 Å². The zero-order valence-electron chi connectivity index (χ0n) is 7.72. The van der Waals surface area contributed by atoms with E-state index in [1.165, 1.54) is 13.0 Å². The van der Waals surface area contributed by atoms with Crippen LogP contribution in [-0.2, 0) is 4.79 Å². The third-order valence-corrected chi connectivity index (χ3v) is 1.70. The topological polar surface area (TPSA) is 63.8 Å². The Morgan fingerprint density at radius 1 is 1.50 bits per heavy atom. The van der Waals surface area contributed by atoms with Crippen LogP contribution in [0.1, 0.15) is 20.8 Å². The van der Waals surface area contributed by atoms with Crippen LogP contribution in [0.4, 0.5) is 0 Å². The van der Waals surface area contributed by atoms with E-state index in [0.29, 0.717) is 0 Å². The summed E-state index contributed by atoms with van der Waals surface area (Å²) in [5, 5.41) is 14.3. The summed E-state index contributed by atoms with van der Waals surface area (Å²) in [5.41, 5.74) is 0. The molecule has 0 heterocycles. The molecule has 0 radical (unpaired) electrons. The third-order valence-electron chi connectivity index (χ3n) is 1.70. The quantitative estimate of drug-likeness (QED) is 0.383. The van der Waals surface area contributed by atoms with Gasteiger partial charge in [0.15, 0.2) is 0 Å². The highest BCUT2D eigenvalue weighted by Gasteiger charge is 2.26. The van der Waals surface area contributed by atoms with Crippen molar-refractivity contribution in [2.45, 2.75) is 20.8 Å². The van der Waals surface area contributed by atoms with Crippen molar-refractivity contribution in [2.75, 3.05) is 0 Å². The molecule has 12 heavy (non-hydrogen) atoms. The summed E-state index contributed by atoms with van der Waals surface area (Å²) < 4.78 is 0. The van der Waals surface area contributed by atoms with E-state index in [1.54, 1.807) is 0 Å². The molecule has 0 saturated heterocycles. The molecule has 0 bridgehead atoms. The first-order chi connectivity index (χ1) is 5.50. The maximum atomic E-state index is 11.1. The van der Waals surface area contributed by atoms with Gasteiger partial charge in [0.2, 0.25) is 5.76 Å². The fourth-order valence-corrected chi connectivity index (χ4v) is 1.24. The van der Waals surface area contributed by atoms with Gasteiger partial charge in [-0.15, -0.1) is 0 Å². The van der Waals surface area contributed by atoms with Crippen LogP contribution in [0.15, 0.2) is 11.8 Å². The van der Waals surface area contributed by atoms with Crippen LogP contribution in [0.5, 0.6) is 0 Å². The average molecular weight is 170 g/mol. The second kappa shape index (κ2) is 4.70. The molecule has 0 rings (SSSR count). The zero-order valence-corrected chi connectivity index (χ0v) is 7.72. The Morgan fingerprint density at radius 3 is 2.25 bits per heavy atom. The Labute approximate surface area is 72.6 Å². The van der Waals surface area contributed by atoms with E-state index in [2.05, 4.69) is 0 Å². The zero-order chi connectivity index (χ0) is 9.72. The molecule has 3 N–H and O–H groups in total. The first-order valence-electron chi connectivity index (χ1n) is 3.93. The normalized spacial score (nSPS) is 14.5. The standard InChI is InChI=1S/C9H15NO2/c1-6(2)9(7(3)11)8(12)4-5-10/h4-6,9-10,12H,1-3H3/p+1/b8-4-,10-5?. The Hall–Kier alpha value is -1.12. The Bertz CT molecular complexity index is 207. The largest absolute Gasteiger partial charge is 0.596 e. The molecule has 0 aliphatic carbocycles. The number of rotatable bonds is 4. The minimum atomic E-state index is -0.355. The maximum absolute atomic E-state index is 11.1. The van der Waals surface area contributed by atoms with E-state index in [1.807, 2.05) is 13.8 Å². The van der Waals surface area contributed by atoms with Crippen LogP contribution in [0, 0.1) is 17.2 Å². The molecular formula is C9H16NO2+. The number of hydrogen-bond acceptors (Lipinski definition) is 2. The molecule has 0 aliphatic heterocycles. The summed E-state index contributed by atoms with van der Waals surface area (Å²) in [7, 11) is 0. The second-order valence-corrected chi connectivity index (χ2v) is 3.12. The molecule has 0 aromatic heterocycles. The molecule has 1 unspecified atom stereocenters. The molecule has 0 aliphatic rings. The van der Waals surface area contributed by atoms with Crippen molar-refractivity contribution in [3.8, 4) is 0 Å². The molecular weight excluding hydrogens is 154 g/mol. The minimum absolute atomic E-state index is 0.00639. The van der Waals surface area contributed by atoms with Gasteiger partial charge in [-0.2, -0.15) is 0 Å². The number of allylic oxidation sites excluding steroid dienone is 2. The van der Waals surface area contributed by atoms with E-state index in [-0.39, 0.29) is 23.4 Å². The Balaban J connectivity index is 4.62. The molecule has 0 amide bonds. The van der Waals surface area contributed by atoms with Gasteiger partial charge in [-0.25, -0.2) is 0 Å². The summed E-state index contributed by atoms with van der Waals surface area (Å²) >= 11 is 0. The summed E-state index contributed by atoms with van der Waals surface area (Å²) in [6.45, 7) is 5.29. The van der Waals surface area contributed by atoms with E-state index >= 15 is 0 Å². The van der Waals surface area contributed by atoms with E-state index in [4.69, 9.17) is 10.5 Å². The van der Waals surface area contributed by atoms with Crippen LogP contribution in [0.25, 0.3) is 0 Å². The molecule has 1 atom stereocenters. The molecule has 3 heteroatoms. The first kappa shape index (κ1) is 10.9. The van der Waals surface area contributed by atoms with Crippen LogP contribution < -0.4 is 0 Å². The Morgan fingerprint density at radius 2 is 2.00 bits per heavy atom. The van der Waals surface area contributed by atoms with Gasteiger partial charge >= 0.3 is 0 Å². The smallest absolute Gasteiger partial charge is 0.241 e. The Kier molecular flexibility index (Phi) is 4.26. The molecule has 0 spiro atoms. The number of nitrogens with one attached hydrogen (secondary N) is 1. The molecule has 68 valence electrons. The lowest BCUT2D eigenvalue weighted by atomic mass is 9.90. The second-order valence-electron chi connectivity index (χ2n) is 3.12. The van der Waals surface area contributed by atoms with E-state index in [9.17, 15) is 4.79 Å². The minimum Gasteiger partial charge on any atom is -0.596 e. The summed E-state index contributed by atoms with van der Waals surface area (Å²) in [4.78, 5) is 11.1. The van der Waals surface area contributed by atoms with Crippen LogP contribution in [-0.4, -0.2) is 17.1 Å². The predicted molar refractivity (Wildman–Crippen MR) is 49.5 cm³/mol. The molecule has 0 aromatic rings. The number of carbonyl (C=O) groups excluding carboxylic acids is 1. The monoisotopic (exact) mass is 170 g/mol. The lowest BCUT2D eigenvalue weighted by Crippen LogP contribution is -2.19. The van der Waals surface area contributed by atoms with Crippen LogP contribution in [0.2, 0.25) is 0 Å².